The Bertz CT molecular complexity index is 861. The van der Waals surface area contributed by atoms with E-state index in [0.717, 1.165) is 15.9 Å². The molecule has 0 amide bonds. The minimum atomic E-state index is 0.0708. The predicted molar refractivity (Wildman–Crippen MR) is 94.5 cm³/mol. The van der Waals surface area contributed by atoms with Gasteiger partial charge in [0.05, 0.1) is 23.4 Å². The van der Waals surface area contributed by atoms with Gasteiger partial charge in [-0.2, -0.15) is 0 Å². The molecule has 0 N–H and O–H groups in total. The standard InChI is InChI=1S/C19H17NO2S/c1-13-10-19(20-17-9-4-3-8-16(13)17)23-12-18(21)14-6-5-7-15(11-14)22-2/h3-11H,12H2,1-2H3. The second kappa shape index (κ2) is 6.84. The Labute approximate surface area is 139 Å². The van der Waals surface area contributed by atoms with Crippen molar-refractivity contribution < 1.29 is 9.53 Å². The number of rotatable bonds is 5. The molecule has 1 aromatic heterocycles. The molecule has 2 aromatic carbocycles. The summed E-state index contributed by atoms with van der Waals surface area (Å²) in [5.74, 6) is 1.12. The number of aryl methyl sites for hydroxylation is 1. The van der Waals surface area contributed by atoms with E-state index >= 15 is 0 Å². The lowest BCUT2D eigenvalue weighted by atomic mass is 10.1. The van der Waals surface area contributed by atoms with Gasteiger partial charge in [-0.25, -0.2) is 4.98 Å². The molecular formula is C19H17NO2S. The SMILES string of the molecule is COc1cccc(C(=O)CSc2cc(C)c3ccccc3n2)c1. The fourth-order valence-corrected chi connectivity index (χ4v) is 3.28. The number of ether oxygens (including phenoxy) is 1. The number of thioether (sulfide) groups is 1. The third kappa shape index (κ3) is 3.54. The lowest BCUT2D eigenvalue weighted by molar-refractivity contribution is 0.102. The molecule has 0 fully saturated rings. The molecule has 0 aliphatic heterocycles. The minimum absolute atomic E-state index is 0.0708. The normalized spacial score (nSPS) is 10.7. The van der Waals surface area contributed by atoms with E-state index in [9.17, 15) is 4.79 Å². The van der Waals surface area contributed by atoms with Crippen LogP contribution in [0, 0.1) is 6.92 Å². The summed E-state index contributed by atoms with van der Waals surface area (Å²) in [7, 11) is 1.60. The molecule has 3 rings (SSSR count). The predicted octanol–water partition coefficient (Wildman–Crippen LogP) is 4.53. The van der Waals surface area contributed by atoms with Gasteiger partial charge in [0.1, 0.15) is 5.75 Å². The first-order valence-corrected chi connectivity index (χ1v) is 8.32. The van der Waals surface area contributed by atoms with Crippen LogP contribution in [0.4, 0.5) is 0 Å². The van der Waals surface area contributed by atoms with E-state index in [-0.39, 0.29) is 5.78 Å². The van der Waals surface area contributed by atoms with Crippen molar-refractivity contribution in [3.63, 3.8) is 0 Å². The Balaban J connectivity index is 1.76. The van der Waals surface area contributed by atoms with Crippen molar-refractivity contribution in [2.45, 2.75) is 11.9 Å². The van der Waals surface area contributed by atoms with E-state index in [1.54, 1.807) is 13.2 Å². The molecule has 0 atom stereocenters. The second-order valence-electron chi connectivity index (χ2n) is 5.24. The van der Waals surface area contributed by atoms with Crippen molar-refractivity contribution in [3.05, 3.63) is 65.7 Å². The number of pyridine rings is 1. The lowest BCUT2D eigenvalue weighted by Crippen LogP contribution is -2.03. The fraction of sp³-hybridized carbons (Fsp3) is 0.158. The van der Waals surface area contributed by atoms with Crippen molar-refractivity contribution >= 4 is 28.4 Å². The first kappa shape index (κ1) is 15.6. The number of hydrogen-bond donors (Lipinski definition) is 0. The molecule has 1 heterocycles. The average molecular weight is 323 g/mol. The Morgan fingerprint density at radius 3 is 2.78 bits per heavy atom. The number of carbonyl (C=O) groups is 1. The van der Waals surface area contributed by atoms with Crippen molar-refractivity contribution in [2.75, 3.05) is 12.9 Å². The Morgan fingerprint density at radius 1 is 1.13 bits per heavy atom. The summed E-state index contributed by atoms with van der Waals surface area (Å²) in [5, 5.41) is 2.02. The topological polar surface area (TPSA) is 39.2 Å². The number of aromatic nitrogens is 1. The van der Waals surface area contributed by atoms with Crippen LogP contribution in [-0.4, -0.2) is 23.6 Å². The molecular weight excluding hydrogens is 306 g/mol. The van der Waals surface area contributed by atoms with E-state index in [1.807, 2.05) is 42.5 Å². The zero-order chi connectivity index (χ0) is 16.2. The van der Waals surface area contributed by atoms with Gasteiger partial charge in [-0.1, -0.05) is 42.1 Å². The third-order valence-electron chi connectivity index (χ3n) is 3.64. The number of carbonyl (C=O) groups excluding carboxylic acids is 1. The smallest absolute Gasteiger partial charge is 0.173 e. The van der Waals surface area contributed by atoms with Crippen molar-refractivity contribution in [1.82, 2.24) is 4.98 Å². The van der Waals surface area contributed by atoms with Crippen LogP contribution in [0.25, 0.3) is 10.9 Å². The molecule has 0 saturated carbocycles. The molecule has 0 aliphatic rings. The van der Waals surface area contributed by atoms with Crippen LogP contribution < -0.4 is 4.74 Å². The number of nitrogens with zero attached hydrogens (tertiary/aromatic N) is 1. The lowest BCUT2D eigenvalue weighted by Gasteiger charge is -2.06. The van der Waals surface area contributed by atoms with Crippen LogP contribution in [0.15, 0.2) is 59.6 Å². The molecule has 3 aromatic rings. The van der Waals surface area contributed by atoms with Crippen molar-refractivity contribution in [2.24, 2.45) is 0 Å². The molecule has 0 radical (unpaired) electrons. The molecule has 0 spiro atoms. The van der Waals surface area contributed by atoms with Crippen molar-refractivity contribution in [1.29, 1.82) is 0 Å². The van der Waals surface area contributed by atoms with Gasteiger partial charge in [0.15, 0.2) is 5.78 Å². The summed E-state index contributed by atoms with van der Waals surface area (Å²) in [5.41, 5.74) is 2.80. The average Bonchev–Trinajstić information content (AvgIpc) is 2.60. The largest absolute Gasteiger partial charge is 0.497 e. The number of ketones is 1. The monoisotopic (exact) mass is 323 g/mol. The molecule has 3 nitrogen and oxygen atoms in total. The number of fused-ring (bicyclic) bond motifs is 1. The molecule has 0 unspecified atom stereocenters. The summed E-state index contributed by atoms with van der Waals surface area (Å²) in [6.07, 6.45) is 0. The highest BCUT2D eigenvalue weighted by molar-refractivity contribution is 7.99. The summed E-state index contributed by atoms with van der Waals surface area (Å²) in [6, 6.07) is 17.3. The van der Waals surface area contributed by atoms with Gasteiger partial charge in [-0.3, -0.25) is 4.79 Å². The van der Waals surface area contributed by atoms with Crippen molar-refractivity contribution in [3.8, 4) is 5.75 Å². The maximum Gasteiger partial charge on any atom is 0.173 e. The molecule has 0 saturated heterocycles. The number of Topliss-reactive ketones (excluding diaryl/α,β-unsaturated/α-hetero) is 1. The third-order valence-corrected chi connectivity index (χ3v) is 4.55. The van der Waals surface area contributed by atoms with Gasteiger partial charge in [-0.15, -0.1) is 0 Å². The fourth-order valence-electron chi connectivity index (χ4n) is 2.41. The molecule has 4 heteroatoms. The van der Waals surface area contributed by atoms with E-state index in [1.165, 1.54) is 17.3 Å². The quantitative estimate of drug-likeness (QED) is 0.511. The van der Waals surface area contributed by atoms with Gasteiger partial charge in [0.2, 0.25) is 0 Å². The van der Waals surface area contributed by atoms with Gasteiger partial charge in [-0.05, 0) is 36.8 Å². The number of methoxy groups -OCH3 is 1. The van der Waals surface area contributed by atoms with Crippen LogP contribution in [0.3, 0.4) is 0 Å². The van der Waals surface area contributed by atoms with E-state index in [2.05, 4.69) is 18.0 Å². The van der Waals surface area contributed by atoms with Crippen LogP contribution in [0.5, 0.6) is 5.75 Å². The minimum Gasteiger partial charge on any atom is -0.497 e. The van der Waals surface area contributed by atoms with Gasteiger partial charge < -0.3 is 4.74 Å². The van der Waals surface area contributed by atoms with Crippen LogP contribution >= 0.6 is 11.8 Å². The van der Waals surface area contributed by atoms with E-state index < -0.39 is 0 Å². The summed E-state index contributed by atoms with van der Waals surface area (Å²) < 4.78 is 5.16. The van der Waals surface area contributed by atoms with Gasteiger partial charge >= 0.3 is 0 Å². The van der Waals surface area contributed by atoms with E-state index in [0.29, 0.717) is 17.1 Å². The first-order chi connectivity index (χ1) is 11.2. The molecule has 0 bridgehead atoms. The Hall–Kier alpha value is -2.33. The van der Waals surface area contributed by atoms with Crippen LogP contribution in [-0.2, 0) is 0 Å². The summed E-state index contributed by atoms with van der Waals surface area (Å²) in [4.78, 5) is 17.0. The maximum atomic E-state index is 12.3. The molecule has 0 aliphatic carbocycles. The summed E-state index contributed by atoms with van der Waals surface area (Å²) in [6.45, 7) is 2.07. The number of hydrogen-bond acceptors (Lipinski definition) is 4. The molecule has 23 heavy (non-hydrogen) atoms. The number of benzene rings is 2. The van der Waals surface area contributed by atoms with Crippen LogP contribution in [0.2, 0.25) is 0 Å². The maximum absolute atomic E-state index is 12.3. The Kier molecular flexibility index (Phi) is 4.63. The highest BCUT2D eigenvalue weighted by Gasteiger charge is 2.09. The zero-order valence-corrected chi connectivity index (χ0v) is 13.9. The zero-order valence-electron chi connectivity index (χ0n) is 13.1. The van der Waals surface area contributed by atoms with E-state index in [4.69, 9.17) is 4.74 Å². The highest BCUT2D eigenvalue weighted by Crippen LogP contribution is 2.24. The second-order valence-corrected chi connectivity index (χ2v) is 6.23. The van der Waals surface area contributed by atoms with Gasteiger partial charge in [0, 0.05) is 10.9 Å². The summed E-state index contributed by atoms with van der Waals surface area (Å²) >= 11 is 1.46. The molecule has 116 valence electrons. The first-order valence-electron chi connectivity index (χ1n) is 7.34. The highest BCUT2D eigenvalue weighted by atomic mass is 32.2. The van der Waals surface area contributed by atoms with Crippen LogP contribution in [0.1, 0.15) is 15.9 Å². The number of para-hydroxylation sites is 1. The Morgan fingerprint density at radius 2 is 1.96 bits per heavy atom. The van der Waals surface area contributed by atoms with Gasteiger partial charge in [0.25, 0.3) is 0 Å².